The first-order valence-electron chi connectivity index (χ1n) is 9.92. The van der Waals surface area contributed by atoms with E-state index in [1.165, 1.54) is 17.2 Å². The second-order valence-corrected chi connectivity index (χ2v) is 7.43. The molecule has 0 bridgehead atoms. The van der Waals surface area contributed by atoms with E-state index in [2.05, 4.69) is 4.98 Å². The van der Waals surface area contributed by atoms with Gasteiger partial charge < -0.3 is 14.4 Å². The van der Waals surface area contributed by atoms with E-state index in [1.54, 1.807) is 18.2 Å². The van der Waals surface area contributed by atoms with Gasteiger partial charge in [0.05, 0.1) is 12.3 Å². The van der Waals surface area contributed by atoms with Crippen LogP contribution in [0.1, 0.15) is 49.0 Å². The molecule has 2 unspecified atom stereocenters. The van der Waals surface area contributed by atoms with Crippen molar-refractivity contribution in [3.63, 3.8) is 0 Å². The van der Waals surface area contributed by atoms with Gasteiger partial charge in [0.2, 0.25) is 5.88 Å². The zero-order chi connectivity index (χ0) is 20.5. The fourth-order valence-corrected chi connectivity index (χ4v) is 3.63. The summed E-state index contributed by atoms with van der Waals surface area (Å²) in [5, 5.41) is 0. The third-order valence-corrected chi connectivity index (χ3v) is 5.44. The molecule has 1 aliphatic carbocycles. The van der Waals surface area contributed by atoms with Crippen LogP contribution >= 0.6 is 0 Å². The molecule has 2 atom stereocenters. The zero-order valence-electron chi connectivity index (χ0n) is 16.5. The number of carbonyl (C=O) groups excluding carboxylic acids is 2. The van der Waals surface area contributed by atoms with Crippen molar-refractivity contribution in [1.29, 1.82) is 0 Å². The van der Waals surface area contributed by atoms with E-state index in [-0.39, 0.29) is 17.8 Å². The highest BCUT2D eigenvalue weighted by atomic mass is 19.1. The van der Waals surface area contributed by atoms with Crippen molar-refractivity contribution in [2.24, 2.45) is 0 Å². The number of pyridine rings is 1. The van der Waals surface area contributed by atoms with Crippen LogP contribution in [0.5, 0.6) is 11.6 Å². The monoisotopic (exact) mass is 398 g/mol. The predicted molar refractivity (Wildman–Crippen MR) is 105 cm³/mol. The molecule has 6 nitrogen and oxygen atoms in total. The van der Waals surface area contributed by atoms with E-state index >= 15 is 0 Å². The SMILES string of the molecule is CCC(C)Oc1ccc(OC2CCN(c3cc(F)c4c(c3)C(=O)CC4)C2=O)cn1. The highest BCUT2D eigenvalue weighted by Gasteiger charge is 2.36. The van der Waals surface area contributed by atoms with Crippen molar-refractivity contribution in [3.05, 3.63) is 47.4 Å². The Morgan fingerprint density at radius 2 is 2.10 bits per heavy atom. The number of nitrogens with zero attached hydrogens (tertiary/aromatic N) is 2. The third kappa shape index (κ3) is 3.81. The third-order valence-electron chi connectivity index (χ3n) is 5.44. The number of Topliss-reactive ketones (excluding diaryl/α,β-unsaturated/α-hetero) is 1. The second-order valence-electron chi connectivity index (χ2n) is 7.43. The molecular formula is C22H23FN2O4. The molecule has 0 saturated carbocycles. The lowest BCUT2D eigenvalue weighted by molar-refractivity contribution is -0.122. The Morgan fingerprint density at radius 1 is 1.28 bits per heavy atom. The van der Waals surface area contributed by atoms with E-state index in [1.807, 2.05) is 13.8 Å². The van der Waals surface area contributed by atoms with Gasteiger partial charge in [-0.3, -0.25) is 9.59 Å². The molecule has 2 aliphatic rings. The number of aromatic nitrogens is 1. The number of carbonyl (C=O) groups is 2. The number of fused-ring (bicyclic) bond motifs is 1. The summed E-state index contributed by atoms with van der Waals surface area (Å²) in [6.45, 7) is 4.40. The fraction of sp³-hybridized carbons (Fsp3) is 0.409. The number of ether oxygens (including phenoxy) is 2. The Balaban J connectivity index is 1.45. The maximum Gasteiger partial charge on any atom is 0.268 e. The largest absolute Gasteiger partial charge is 0.479 e. The van der Waals surface area contributed by atoms with Crippen LogP contribution in [0, 0.1) is 5.82 Å². The number of amides is 1. The molecular weight excluding hydrogens is 375 g/mol. The predicted octanol–water partition coefficient (Wildman–Crippen LogP) is 3.71. The van der Waals surface area contributed by atoms with Crippen molar-refractivity contribution in [3.8, 4) is 11.6 Å². The first kappa shape index (κ1) is 19.4. The van der Waals surface area contributed by atoms with Gasteiger partial charge in [0.15, 0.2) is 11.9 Å². The Morgan fingerprint density at radius 3 is 2.83 bits per heavy atom. The highest BCUT2D eigenvalue weighted by molar-refractivity contribution is 6.04. The number of rotatable bonds is 6. The van der Waals surface area contributed by atoms with Gasteiger partial charge in [-0.05, 0) is 43.5 Å². The number of halogens is 1. The lowest BCUT2D eigenvalue weighted by atomic mass is 10.1. The Labute approximate surface area is 168 Å². The van der Waals surface area contributed by atoms with Crippen molar-refractivity contribution in [2.45, 2.75) is 51.7 Å². The van der Waals surface area contributed by atoms with Crippen molar-refractivity contribution in [1.82, 2.24) is 4.98 Å². The fourth-order valence-electron chi connectivity index (χ4n) is 3.63. The molecule has 2 heterocycles. The molecule has 1 amide bonds. The minimum Gasteiger partial charge on any atom is -0.479 e. The van der Waals surface area contributed by atoms with E-state index in [0.717, 1.165) is 6.42 Å². The molecule has 1 aromatic carbocycles. The summed E-state index contributed by atoms with van der Waals surface area (Å²) >= 11 is 0. The number of benzene rings is 1. The molecule has 1 fully saturated rings. The van der Waals surface area contributed by atoms with Gasteiger partial charge in [-0.15, -0.1) is 0 Å². The maximum atomic E-state index is 14.4. The standard InChI is InChI=1S/C22H23FN2O4/c1-3-13(2)28-21-7-4-15(12-24-21)29-20-8-9-25(22(20)27)14-10-17-16(18(23)11-14)5-6-19(17)26/h4,7,10-13,20H,3,5-6,8-9H2,1-2H3. The quantitative estimate of drug-likeness (QED) is 0.742. The summed E-state index contributed by atoms with van der Waals surface area (Å²) in [6, 6.07) is 6.38. The Bertz CT molecular complexity index is 945. The summed E-state index contributed by atoms with van der Waals surface area (Å²) in [6.07, 6.45) is 3.01. The molecule has 1 saturated heterocycles. The molecule has 7 heteroatoms. The van der Waals surface area contributed by atoms with Crippen LogP contribution in [-0.4, -0.2) is 35.4 Å². The van der Waals surface area contributed by atoms with E-state index in [0.29, 0.717) is 54.3 Å². The Kier molecular flexibility index (Phi) is 5.22. The Hall–Kier alpha value is -2.96. The first-order valence-corrected chi connectivity index (χ1v) is 9.92. The average molecular weight is 398 g/mol. The average Bonchev–Trinajstić information content (AvgIpc) is 3.27. The van der Waals surface area contributed by atoms with Gasteiger partial charge in [-0.1, -0.05) is 6.92 Å². The minimum atomic E-state index is -0.676. The van der Waals surface area contributed by atoms with Gasteiger partial charge in [0.1, 0.15) is 11.6 Å². The normalized spacial score (nSPS) is 19.4. The molecule has 29 heavy (non-hydrogen) atoms. The molecule has 0 N–H and O–H groups in total. The number of anilines is 1. The molecule has 2 aromatic rings. The molecule has 1 aromatic heterocycles. The molecule has 0 spiro atoms. The zero-order valence-corrected chi connectivity index (χ0v) is 16.5. The van der Waals surface area contributed by atoms with Crippen molar-refractivity contribution >= 4 is 17.4 Å². The van der Waals surface area contributed by atoms with Crippen molar-refractivity contribution in [2.75, 3.05) is 11.4 Å². The highest BCUT2D eigenvalue weighted by Crippen LogP contribution is 2.32. The van der Waals surface area contributed by atoms with Crippen LogP contribution < -0.4 is 14.4 Å². The summed E-state index contributed by atoms with van der Waals surface area (Å²) < 4.78 is 25.8. The van der Waals surface area contributed by atoms with Gasteiger partial charge in [0.25, 0.3) is 5.91 Å². The van der Waals surface area contributed by atoms with Crippen molar-refractivity contribution < 1.29 is 23.5 Å². The van der Waals surface area contributed by atoms with Crippen LogP contribution in [0.2, 0.25) is 0 Å². The molecule has 152 valence electrons. The summed E-state index contributed by atoms with van der Waals surface area (Å²) in [5.74, 6) is 0.212. The molecule has 4 rings (SSSR count). The van der Waals surface area contributed by atoms with Crippen LogP contribution in [0.3, 0.4) is 0 Å². The topological polar surface area (TPSA) is 68.7 Å². The van der Waals surface area contributed by atoms with Crippen LogP contribution in [-0.2, 0) is 11.2 Å². The summed E-state index contributed by atoms with van der Waals surface area (Å²) in [5.41, 5.74) is 1.24. The second kappa shape index (κ2) is 7.81. The van der Waals surface area contributed by atoms with Gasteiger partial charge in [-0.25, -0.2) is 9.37 Å². The van der Waals surface area contributed by atoms with E-state index < -0.39 is 11.9 Å². The van der Waals surface area contributed by atoms with Gasteiger partial charge >= 0.3 is 0 Å². The number of hydrogen-bond acceptors (Lipinski definition) is 5. The van der Waals surface area contributed by atoms with E-state index in [4.69, 9.17) is 9.47 Å². The molecule has 0 radical (unpaired) electrons. The lowest BCUT2D eigenvalue weighted by Gasteiger charge is -2.18. The lowest BCUT2D eigenvalue weighted by Crippen LogP contribution is -2.32. The maximum absolute atomic E-state index is 14.4. The van der Waals surface area contributed by atoms with Crippen LogP contribution in [0.4, 0.5) is 10.1 Å². The number of hydrogen-bond donors (Lipinski definition) is 0. The molecule has 1 aliphatic heterocycles. The van der Waals surface area contributed by atoms with Gasteiger partial charge in [0, 0.05) is 36.7 Å². The van der Waals surface area contributed by atoms with E-state index in [9.17, 15) is 14.0 Å². The van der Waals surface area contributed by atoms with Crippen LogP contribution in [0.25, 0.3) is 0 Å². The summed E-state index contributed by atoms with van der Waals surface area (Å²) in [4.78, 5) is 30.5. The summed E-state index contributed by atoms with van der Waals surface area (Å²) in [7, 11) is 0. The van der Waals surface area contributed by atoms with Crippen LogP contribution in [0.15, 0.2) is 30.5 Å². The minimum absolute atomic E-state index is 0.0684. The first-order chi connectivity index (χ1) is 14.0. The smallest absolute Gasteiger partial charge is 0.268 e. The number of ketones is 1. The van der Waals surface area contributed by atoms with Gasteiger partial charge in [-0.2, -0.15) is 0 Å².